The molecule has 0 saturated heterocycles. The summed E-state index contributed by atoms with van der Waals surface area (Å²) in [7, 11) is 0. The Morgan fingerprint density at radius 3 is 2.13 bits per heavy atom. The second kappa shape index (κ2) is 12.7. The van der Waals surface area contributed by atoms with Gasteiger partial charge in [0.25, 0.3) is 0 Å². The molecule has 1 fully saturated rings. The Morgan fingerprint density at radius 2 is 1.60 bits per heavy atom. The van der Waals surface area contributed by atoms with Crippen LogP contribution in [0.5, 0.6) is 0 Å². The molecule has 9 N–H and O–H groups in total. The fourth-order valence-electron chi connectivity index (χ4n) is 3.50. The molecule has 3 atom stereocenters. The van der Waals surface area contributed by atoms with E-state index in [0.29, 0.717) is 6.42 Å². The SMILES string of the molecule is CC(=O)NC(C(=O)NC(CCCN=C(N)N)C(=O)NC(C)C(N)=O)C1CCCCC1. The summed E-state index contributed by atoms with van der Waals surface area (Å²) in [6, 6.07) is -2.53. The fraction of sp³-hybridized carbons (Fsp3) is 0.737. The summed E-state index contributed by atoms with van der Waals surface area (Å²) < 4.78 is 0. The third-order valence-electron chi connectivity index (χ3n) is 5.13. The zero-order valence-corrected chi connectivity index (χ0v) is 17.8. The lowest BCUT2D eigenvalue weighted by Crippen LogP contribution is -2.57. The molecule has 1 aliphatic carbocycles. The third kappa shape index (κ3) is 9.10. The average molecular weight is 426 g/mol. The van der Waals surface area contributed by atoms with Gasteiger partial charge < -0.3 is 33.2 Å². The molecule has 1 saturated carbocycles. The lowest BCUT2D eigenvalue weighted by atomic mass is 9.83. The molecule has 4 amide bonds. The molecule has 11 nitrogen and oxygen atoms in total. The molecule has 0 aromatic carbocycles. The van der Waals surface area contributed by atoms with Crippen molar-refractivity contribution in [1.29, 1.82) is 0 Å². The molecule has 0 aromatic heterocycles. The number of hydrogen-bond donors (Lipinski definition) is 6. The van der Waals surface area contributed by atoms with Crippen molar-refractivity contribution in [2.45, 2.75) is 76.9 Å². The van der Waals surface area contributed by atoms with Crippen LogP contribution in [0.4, 0.5) is 0 Å². The first kappa shape index (κ1) is 25.2. The van der Waals surface area contributed by atoms with Crippen molar-refractivity contribution in [3.8, 4) is 0 Å². The molecule has 170 valence electrons. The van der Waals surface area contributed by atoms with Crippen LogP contribution in [-0.2, 0) is 19.2 Å². The first-order valence-electron chi connectivity index (χ1n) is 10.3. The van der Waals surface area contributed by atoms with Gasteiger partial charge in [-0.3, -0.25) is 24.2 Å². The second-order valence-corrected chi connectivity index (χ2v) is 7.72. The first-order chi connectivity index (χ1) is 14.1. The maximum atomic E-state index is 13.0. The molecule has 0 spiro atoms. The summed E-state index contributed by atoms with van der Waals surface area (Å²) in [5.41, 5.74) is 15.8. The minimum Gasteiger partial charge on any atom is -0.370 e. The average Bonchev–Trinajstić information content (AvgIpc) is 2.68. The summed E-state index contributed by atoms with van der Waals surface area (Å²) in [6.45, 7) is 3.10. The Morgan fingerprint density at radius 1 is 0.967 bits per heavy atom. The highest BCUT2D eigenvalue weighted by atomic mass is 16.2. The standard InChI is InChI=1S/C19H35N7O4/c1-11(16(20)28)24-17(29)14(9-6-10-23-19(21)22)26-18(30)15(25-12(2)27)13-7-4-3-5-8-13/h11,13-15H,3-10H2,1-2H3,(H2,20,28)(H,24,29)(H,25,27)(H,26,30)(H4,21,22,23). The van der Waals surface area contributed by atoms with Crippen molar-refractivity contribution >= 4 is 29.6 Å². The number of amides is 4. The first-order valence-corrected chi connectivity index (χ1v) is 10.3. The van der Waals surface area contributed by atoms with Gasteiger partial charge >= 0.3 is 0 Å². The van der Waals surface area contributed by atoms with Gasteiger partial charge in [-0.2, -0.15) is 0 Å². The summed E-state index contributed by atoms with van der Waals surface area (Å²) in [5, 5.41) is 7.94. The predicted octanol–water partition coefficient (Wildman–Crippen LogP) is -1.40. The Balaban J connectivity index is 2.89. The van der Waals surface area contributed by atoms with Gasteiger partial charge in [-0.1, -0.05) is 19.3 Å². The van der Waals surface area contributed by atoms with Crippen LogP contribution in [0.25, 0.3) is 0 Å². The van der Waals surface area contributed by atoms with Crippen LogP contribution in [0.15, 0.2) is 4.99 Å². The zero-order chi connectivity index (χ0) is 22.7. The van der Waals surface area contributed by atoms with Crippen LogP contribution < -0.4 is 33.2 Å². The smallest absolute Gasteiger partial charge is 0.243 e. The second-order valence-electron chi connectivity index (χ2n) is 7.72. The summed E-state index contributed by atoms with van der Waals surface area (Å²) in [5.74, 6) is -2.01. The van der Waals surface area contributed by atoms with Gasteiger partial charge in [0.1, 0.15) is 18.1 Å². The van der Waals surface area contributed by atoms with Gasteiger partial charge in [0, 0.05) is 13.5 Å². The highest BCUT2D eigenvalue weighted by molar-refractivity contribution is 5.93. The number of carbonyl (C=O) groups is 4. The number of rotatable bonds is 11. The van der Waals surface area contributed by atoms with Crippen molar-refractivity contribution in [2.75, 3.05) is 6.54 Å². The maximum absolute atomic E-state index is 13.0. The number of primary amides is 1. The largest absolute Gasteiger partial charge is 0.370 e. The Hall–Kier alpha value is -2.85. The van der Waals surface area contributed by atoms with Crippen LogP contribution in [0.3, 0.4) is 0 Å². The highest BCUT2D eigenvalue weighted by Crippen LogP contribution is 2.26. The van der Waals surface area contributed by atoms with Gasteiger partial charge in [0.05, 0.1) is 0 Å². The number of aliphatic imine (C=N–C) groups is 1. The van der Waals surface area contributed by atoms with E-state index in [1.165, 1.54) is 13.8 Å². The van der Waals surface area contributed by atoms with E-state index in [2.05, 4.69) is 20.9 Å². The van der Waals surface area contributed by atoms with E-state index in [1.807, 2.05) is 0 Å². The van der Waals surface area contributed by atoms with Crippen molar-refractivity contribution in [1.82, 2.24) is 16.0 Å². The maximum Gasteiger partial charge on any atom is 0.243 e. The Labute approximate surface area is 177 Å². The van der Waals surface area contributed by atoms with Crippen LogP contribution >= 0.6 is 0 Å². The van der Waals surface area contributed by atoms with Gasteiger partial charge in [0.2, 0.25) is 23.6 Å². The van der Waals surface area contributed by atoms with E-state index < -0.39 is 35.8 Å². The van der Waals surface area contributed by atoms with Gasteiger partial charge in [0.15, 0.2) is 5.96 Å². The Kier molecular flexibility index (Phi) is 10.6. The number of nitrogens with one attached hydrogen (secondary N) is 3. The van der Waals surface area contributed by atoms with Crippen LogP contribution in [0.1, 0.15) is 58.8 Å². The normalized spacial score (nSPS) is 17.1. The summed E-state index contributed by atoms with van der Waals surface area (Å²) in [4.78, 5) is 52.4. The quantitative estimate of drug-likeness (QED) is 0.134. The Bertz CT molecular complexity index is 643. The minimum absolute atomic E-state index is 0.0116. The van der Waals surface area contributed by atoms with Gasteiger partial charge in [-0.25, -0.2) is 0 Å². The van der Waals surface area contributed by atoms with Crippen LogP contribution in [0, 0.1) is 5.92 Å². The number of nitrogens with two attached hydrogens (primary N) is 3. The molecule has 1 rings (SSSR count). The molecule has 0 bridgehead atoms. The van der Waals surface area contributed by atoms with Crippen molar-refractivity contribution in [3.63, 3.8) is 0 Å². The van der Waals surface area contributed by atoms with Crippen molar-refractivity contribution in [2.24, 2.45) is 28.1 Å². The monoisotopic (exact) mass is 425 g/mol. The van der Waals surface area contributed by atoms with E-state index in [0.717, 1.165) is 32.1 Å². The molecule has 0 radical (unpaired) electrons. The molecular formula is C19H35N7O4. The fourth-order valence-corrected chi connectivity index (χ4v) is 3.50. The van der Waals surface area contributed by atoms with E-state index >= 15 is 0 Å². The summed E-state index contributed by atoms with van der Waals surface area (Å²) in [6.07, 6.45) is 5.43. The molecule has 3 unspecified atom stereocenters. The topological polar surface area (TPSA) is 195 Å². The molecule has 0 aromatic rings. The van der Waals surface area contributed by atoms with Crippen LogP contribution in [0.2, 0.25) is 0 Å². The van der Waals surface area contributed by atoms with Crippen LogP contribution in [-0.4, -0.2) is 54.3 Å². The van der Waals surface area contributed by atoms with Crippen molar-refractivity contribution in [3.05, 3.63) is 0 Å². The molecule has 30 heavy (non-hydrogen) atoms. The van der Waals surface area contributed by atoms with E-state index in [9.17, 15) is 19.2 Å². The number of nitrogens with zero attached hydrogens (tertiary/aromatic N) is 1. The number of hydrogen-bond acceptors (Lipinski definition) is 5. The molecule has 0 aliphatic heterocycles. The zero-order valence-electron chi connectivity index (χ0n) is 17.8. The van der Waals surface area contributed by atoms with Gasteiger partial charge in [-0.05, 0) is 38.5 Å². The molecular weight excluding hydrogens is 390 g/mol. The minimum atomic E-state index is -0.923. The molecule has 0 heterocycles. The summed E-state index contributed by atoms with van der Waals surface area (Å²) >= 11 is 0. The third-order valence-corrected chi connectivity index (χ3v) is 5.13. The van der Waals surface area contributed by atoms with Gasteiger partial charge in [-0.15, -0.1) is 0 Å². The highest BCUT2D eigenvalue weighted by Gasteiger charge is 2.33. The number of carbonyl (C=O) groups excluding carboxylic acids is 4. The van der Waals surface area contributed by atoms with Crippen molar-refractivity contribution < 1.29 is 19.2 Å². The van der Waals surface area contributed by atoms with E-state index in [-0.39, 0.29) is 30.8 Å². The van der Waals surface area contributed by atoms with E-state index in [4.69, 9.17) is 17.2 Å². The molecule has 1 aliphatic rings. The van der Waals surface area contributed by atoms with E-state index in [1.54, 1.807) is 0 Å². The predicted molar refractivity (Wildman–Crippen MR) is 113 cm³/mol. The number of guanidine groups is 1. The lowest BCUT2D eigenvalue weighted by Gasteiger charge is -2.31. The molecule has 11 heteroatoms. The lowest BCUT2D eigenvalue weighted by molar-refractivity contribution is -0.134.